The van der Waals surface area contributed by atoms with Gasteiger partial charge in [0.2, 0.25) is 5.91 Å². The molecule has 0 aliphatic carbocycles. The molecule has 0 spiro atoms. The van der Waals surface area contributed by atoms with Crippen LogP contribution in [-0.2, 0) is 16.1 Å². The van der Waals surface area contributed by atoms with Crippen molar-refractivity contribution in [3.8, 4) is 0 Å². The van der Waals surface area contributed by atoms with E-state index in [1.165, 1.54) is 24.0 Å². The summed E-state index contributed by atoms with van der Waals surface area (Å²) >= 11 is 0. The van der Waals surface area contributed by atoms with Crippen LogP contribution in [0.5, 0.6) is 0 Å². The molecule has 0 aromatic heterocycles. The fourth-order valence-corrected chi connectivity index (χ4v) is 1.43. The third-order valence-corrected chi connectivity index (χ3v) is 2.30. The fourth-order valence-electron chi connectivity index (χ4n) is 1.43. The second kappa shape index (κ2) is 5.98. The summed E-state index contributed by atoms with van der Waals surface area (Å²) in [5.41, 5.74) is 0.644. The van der Waals surface area contributed by atoms with Crippen LogP contribution in [0.3, 0.4) is 0 Å². The van der Waals surface area contributed by atoms with E-state index in [9.17, 15) is 14.0 Å². The van der Waals surface area contributed by atoms with Crippen molar-refractivity contribution in [3.05, 3.63) is 35.6 Å². The van der Waals surface area contributed by atoms with Gasteiger partial charge in [-0.05, 0) is 17.7 Å². The average molecular weight is 239 g/mol. The van der Waals surface area contributed by atoms with Crippen molar-refractivity contribution in [3.63, 3.8) is 0 Å². The van der Waals surface area contributed by atoms with Crippen molar-refractivity contribution < 1.29 is 19.1 Å². The Balaban J connectivity index is 2.66. The van der Waals surface area contributed by atoms with Gasteiger partial charge in [-0.2, -0.15) is 0 Å². The van der Waals surface area contributed by atoms with Crippen LogP contribution in [0, 0.1) is 5.82 Å². The molecular formula is C12H14FNO3. The highest BCUT2D eigenvalue weighted by atomic mass is 19.1. The van der Waals surface area contributed by atoms with Crippen molar-refractivity contribution in [2.45, 2.75) is 19.9 Å². The van der Waals surface area contributed by atoms with Gasteiger partial charge in [0.05, 0.1) is 6.42 Å². The zero-order valence-corrected chi connectivity index (χ0v) is 9.52. The van der Waals surface area contributed by atoms with Gasteiger partial charge in [-0.15, -0.1) is 0 Å². The van der Waals surface area contributed by atoms with E-state index in [0.717, 1.165) is 0 Å². The first kappa shape index (κ1) is 13.2. The molecule has 0 saturated carbocycles. The summed E-state index contributed by atoms with van der Waals surface area (Å²) in [6.07, 6.45) is -0.116. The van der Waals surface area contributed by atoms with E-state index in [4.69, 9.17) is 5.11 Å². The number of carbonyl (C=O) groups is 2. The molecule has 1 N–H and O–H groups in total. The SMILES string of the molecule is CC(=O)N(CCC(=O)O)Cc1cccc(F)c1. The van der Waals surface area contributed by atoms with Gasteiger partial charge in [-0.3, -0.25) is 9.59 Å². The second-order valence-corrected chi connectivity index (χ2v) is 3.71. The van der Waals surface area contributed by atoms with Crippen molar-refractivity contribution in [1.82, 2.24) is 4.90 Å². The molecule has 0 unspecified atom stereocenters. The Hall–Kier alpha value is -1.91. The van der Waals surface area contributed by atoms with E-state index in [1.54, 1.807) is 12.1 Å². The first-order valence-electron chi connectivity index (χ1n) is 5.21. The molecule has 0 radical (unpaired) electrons. The van der Waals surface area contributed by atoms with E-state index in [1.807, 2.05) is 0 Å². The number of aliphatic carboxylic acids is 1. The van der Waals surface area contributed by atoms with Crippen LogP contribution in [-0.4, -0.2) is 28.4 Å². The average Bonchev–Trinajstić information content (AvgIpc) is 2.23. The molecular weight excluding hydrogens is 225 g/mol. The van der Waals surface area contributed by atoms with Crippen LogP contribution in [0.2, 0.25) is 0 Å². The quantitative estimate of drug-likeness (QED) is 0.850. The number of hydrogen-bond acceptors (Lipinski definition) is 2. The maximum Gasteiger partial charge on any atom is 0.305 e. The number of carbonyl (C=O) groups excluding carboxylic acids is 1. The van der Waals surface area contributed by atoms with Gasteiger partial charge in [0.15, 0.2) is 0 Å². The molecule has 0 aliphatic heterocycles. The van der Waals surface area contributed by atoms with Crippen LogP contribution >= 0.6 is 0 Å². The molecule has 92 valence electrons. The summed E-state index contributed by atoms with van der Waals surface area (Å²) < 4.78 is 12.9. The maximum atomic E-state index is 12.9. The highest BCUT2D eigenvalue weighted by Gasteiger charge is 2.11. The monoisotopic (exact) mass is 239 g/mol. The normalized spacial score (nSPS) is 10.0. The van der Waals surface area contributed by atoms with Gasteiger partial charge < -0.3 is 10.0 Å². The van der Waals surface area contributed by atoms with Gasteiger partial charge in [0.1, 0.15) is 5.82 Å². The lowest BCUT2D eigenvalue weighted by atomic mass is 10.2. The zero-order chi connectivity index (χ0) is 12.8. The van der Waals surface area contributed by atoms with Gasteiger partial charge in [0, 0.05) is 20.0 Å². The first-order valence-corrected chi connectivity index (χ1v) is 5.21. The minimum atomic E-state index is -0.963. The standard InChI is InChI=1S/C12H14FNO3/c1-9(15)14(6-5-12(16)17)8-10-3-2-4-11(13)7-10/h2-4,7H,5-6,8H2,1H3,(H,16,17). The predicted molar refractivity (Wildman–Crippen MR) is 59.7 cm³/mol. The second-order valence-electron chi connectivity index (χ2n) is 3.71. The molecule has 1 amide bonds. The molecule has 0 bridgehead atoms. The summed E-state index contributed by atoms with van der Waals surface area (Å²) in [5.74, 6) is -1.56. The van der Waals surface area contributed by atoms with E-state index >= 15 is 0 Å². The topological polar surface area (TPSA) is 57.6 Å². The lowest BCUT2D eigenvalue weighted by Gasteiger charge is -2.20. The Morgan fingerprint density at radius 3 is 2.65 bits per heavy atom. The van der Waals surface area contributed by atoms with Gasteiger partial charge in [-0.25, -0.2) is 4.39 Å². The number of amides is 1. The first-order chi connectivity index (χ1) is 7.99. The van der Waals surface area contributed by atoms with Crippen molar-refractivity contribution in [2.24, 2.45) is 0 Å². The summed E-state index contributed by atoms with van der Waals surface area (Å²) in [6.45, 7) is 1.71. The van der Waals surface area contributed by atoms with Crippen LogP contribution in [0.15, 0.2) is 24.3 Å². The minimum absolute atomic E-state index is 0.116. The fraction of sp³-hybridized carbons (Fsp3) is 0.333. The molecule has 4 nitrogen and oxygen atoms in total. The maximum absolute atomic E-state index is 12.9. The summed E-state index contributed by atoms with van der Waals surface area (Å²) in [6, 6.07) is 5.90. The summed E-state index contributed by atoms with van der Waals surface area (Å²) in [4.78, 5) is 23.1. The third-order valence-electron chi connectivity index (χ3n) is 2.30. The van der Waals surface area contributed by atoms with Crippen molar-refractivity contribution in [2.75, 3.05) is 6.54 Å². The largest absolute Gasteiger partial charge is 0.481 e. The number of hydrogen-bond donors (Lipinski definition) is 1. The lowest BCUT2D eigenvalue weighted by Crippen LogP contribution is -2.30. The van der Waals surface area contributed by atoms with E-state index < -0.39 is 5.97 Å². The Kier molecular flexibility index (Phi) is 4.63. The van der Waals surface area contributed by atoms with E-state index in [-0.39, 0.29) is 31.2 Å². The van der Waals surface area contributed by atoms with E-state index in [0.29, 0.717) is 5.56 Å². The number of rotatable bonds is 5. The molecule has 1 rings (SSSR count). The molecule has 0 aliphatic rings. The Labute approximate surface area is 98.7 Å². The van der Waals surface area contributed by atoms with Gasteiger partial charge in [-0.1, -0.05) is 12.1 Å². The van der Waals surface area contributed by atoms with Crippen LogP contribution in [0.4, 0.5) is 4.39 Å². The zero-order valence-electron chi connectivity index (χ0n) is 9.52. The number of nitrogens with zero attached hydrogens (tertiary/aromatic N) is 1. The molecule has 1 aromatic carbocycles. The van der Waals surface area contributed by atoms with Crippen molar-refractivity contribution >= 4 is 11.9 Å². The number of carboxylic acids is 1. The van der Waals surface area contributed by atoms with E-state index in [2.05, 4.69) is 0 Å². The van der Waals surface area contributed by atoms with Crippen LogP contribution < -0.4 is 0 Å². The molecule has 17 heavy (non-hydrogen) atoms. The molecule has 0 fully saturated rings. The molecule has 0 saturated heterocycles. The third kappa shape index (κ3) is 4.63. The number of halogens is 1. The highest BCUT2D eigenvalue weighted by Crippen LogP contribution is 2.08. The van der Waals surface area contributed by atoms with Crippen LogP contribution in [0.25, 0.3) is 0 Å². The molecule has 0 heterocycles. The summed E-state index contributed by atoms with van der Waals surface area (Å²) in [5, 5.41) is 8.56. The number of benzene rings is 1. The Morgan fingerprint density at radius 2 is 2.12 bits per heavy atom. The lowest BCUT2D eigenvalue weighted by molar-refractivity contribution is -0.138. The molecule has 0 atom stereocenters. The number of carboxylic acid groups (broad SMARTS) is 1. The Bertz CT molecular complexity index is 420. The van der Waals surface area contributed by atoms with Gasteiger partial charge >= 0.3 is 5.97 Å². The predicted octanol–water partition coefficient (Wildman–Crippen LogP) is 1.65. The summed E-state index contributed by atoms with van der Waals surface area (Å²) in [7, 11) is 0. The Morgan fingerprint density at radius 1 is 1.41 bits per heavy atom. The van der Waals surface area contributed by atoms with Crippen molar-refractivity contribution in [1.29, 1.82) is 0 Å². The molecule has 5 heteroatoms. The highest BCUT2D eigenvalue weighted by molar-refractivity contribution is 5.74. The van der Waals surface area contributed by atoms with Crippen LogP contribution in [0.1, 0.15) is 18.9 Å². The molecule has 1 aromatic rings. The smallest absolute Gasteiger partial charge is 0.305 e. The van der Waals surface area contributed by atoms with Gasteiger partial charge in [0.25, 0.3) is 0 Å². The minimum Gasteiger partial charge on any atom is -0.481 e.